The molecule has 0 saturated carbocycles. The molecule has 0 N–H and O–H groups in total. The maximum Gasteiger partial charge on any atom is 0.266 e. The van der Waals surface area contributed by atoms with Crippen molar-refractivity contribution in [1.29, 1.82) is 0 Å². The number of aromatic nitrogens is 1. The van der Waals surface area contributed by atoms with E-state index in [9.17, 15) is 9.59 Å². The Hall–Kier alpha value is -4.18. The quantitative estimate of drug-likeness (QED) is 0.370. The molecule has 2 amide bonds. The summed E-state index contributed by atoms with van der Waals surface area (Å²) in [5.41, 5.74) is 4.70. The van der Waals surface area contributed by atoms with E-state index in [1.54, 1.807) is 24.3 Å². The van der Waals surface area contributed by atoms with Gasteiger partial charge in [0.2, 0.25) is 0 Å². The van der Waals surface area contributed by atoms with Crippen molar-refractivity contribution in [3.63, 3.8) is 0 Å². The number of fused-ring (bicyclic) bond motifs is 4. The molecule has 0 aliphatic carbocycles. The molecule has 0 bridgehead atoms. The van der Waals surface area contributed by atoms with Gasteiger partial charge in [0.1, 0.15) is 0 Å². The summed E-state index contributed by atoms with van der Waals surface area (Å²) in [6.07, 6.45) is 0. The average molecular weight is 388 g/mol. The third-order valence-corrected chi connectivity index (χ3v) is 5.74. The first kappa shape index (κ1) is 16.7. The van der Waals surface area contributed by atoms with Crippen molar-refractivity contribution in [2.75, 3.05) is 4.90 Å². The summed E-state index contributed by atoms with van der Waals surface area (Å²) in [4.78, 5) is 26.8. The van der Waals surface area contributed by atoms with Crippen LogP contribution in [0.5, 0.6) is 0 Å². The van der Waals surface area contributed by atoms with Gasteiger partial charge in [0.25, 0.3) is 11.8 Å². The summed E-state index contributed by atoms with van der Waals surface area (Å²) in [6.45, 7) is 0. The van der Waals surface area contributed by atoms with E-state index in [4.69, 9.17) is 0 Å². The van der Waals surface area contributed by atoms with Crippen LogP contribution >= 0.6 is 0 Å². The summed E-state index contributed by atoms with van der Waals surface area (Å²) in [7, 11) is 0. The predicted molar refractivity (Wildman–Crippen MR) is 118 cm³/mol. The minimum atomic E-state index is -0.278. The van der Waals surface area contributed by atoms with Crippen molar-refractivity contribution in [3.05, 3.63) is 108 Å². The van der Waals surface area contributed by atoms with Gasteiger partial charge in [-0.3, -0.25) is 9.59 Å². The summed E-state index contributed by atoms with van der Waals surface area (Å²) in [5, 5.41) is 2.38. The van der Waals surface area contributed by atoms with Crippen molar-refractivity contribution in [1.82, 2.24) is 4.57 Å². The van der Waals surface area contributed by atoms with Crippen LogP contribution in [0.4, 0.5) is 5.69 Å². The average Bonchev–Trinajstić information content (AvgIpc) is 3.26. The third kappa shape index (κ3) is 2.22. The Morgan fingerprint density at radius 1 is 0.467 bits per heavy atom. The normalized spacial score (nSPS) is 13.4. The largest absolute Gasteiger partial charge is 0.309 e. The van der Waals surface area contributed by atoms with Crippen molar-refractivity contribution in [2.45, 2.75) is 0 Å². The van der Waals surface area contributed by atoms with Gasteiger partial charge in [0.05, 0.1) is 27.8 Å². The summed E-state index contributed by atoms with van der Waals surface area (Å²) in [6, 6.07) is 31.1. The van der Waals surface area contributed by atoms with Gasteiger partial charge >= 0.3 is 0 Å². The van der Waals surface area contributed by atoms with Gasteiger partial charge in [-0.25, -0.2) is 4.90 Å². The first-order chi connectivity index (χ1) is 14.7. The van der Waals surface area contributed by atoms with Gasteiger partial charge in [0, 0.05) is 16.5 Å². The van der Waals surface area contributed by atoms with Crippen LogP contribution in [-0.2, 0) is 0 Å². The van der Waals surface area contributed by atoms with E-state index in [0.717, 1.165) is 16.7 Å². The summed E-state index contributed by atoms with van der Waals surface area (Å²) >= 11 is 0. The van der Waals surface area contributed by atoms with Crippen LogP contribution < -0.4 is 4.90 Å². The lowest BCUT2D eigenvalue weighted by Gasteiger charge is -2.15. The molecular weight excluding hydrogens is 372 g/mol. The molecule has 30 heavy (non-hydrogen) atoms. The van der Waals surface area contributed by atoms with Crippen LogP contribution in [0, 0.1) is 0 Å². The fraction of sp³-hybridized carbons (Fsp3) is 0. The topological polar surface area (TPSA) is 42.3 Å². The zero-order chi connectivity index (χ0) is 20.2. The maximum atomic E-state index is 12.8. The molecule has 1 aliphatic rings. The molecule has 1 aromatic heterocycles. The highest BCUT2D eigenvalue weighted by Crippen LogP contribution is 2.33. The van der Waals surface area contributed by atoms with E-state index >= 15 is 0 Å². The SMILES string of the molecule is O=C1c2ccccc2C(=O)N1c1ccc(-n2c3ccccc3c3ccccc32)cc1. The van der Waals surface area contributed by atoms with Gasteiger partial charge in [-0.2, -0.15) is 0 Å². The van der Waals surface area contributed by atoms with Crippen LogP contribution in [0.15, 0.2) is 97.1 Å². The number of imide groups is 1. The minimum Gasteiger partial charge on any atom is -0.309 e. The fourth-order valence-electron chi connectivity index (χ4n) is 4.38. The summed E-state index contributed by atoms with van der Waals surface area (Å²) in [5.74, 6) is -0.555. The van der Waals surface area contributed by atoms with Crippen LogP contribution in [-0.4, -0.2) is 16.4 Å². The van der Waals surface area contributed by atoms with Gasteiger partial charge in [-0.05, 0) is 48.5 Å². The van der Waals surface area contributed by atoms with Crippen molar-refractivity contribution in [3.8, 4) is 5.69 Å². The second kappa shape index (κ2) is 6.16. The zero-order valence-corrected chi connectivity index (χ0v) is 15.9. The smallest absolute Gasteiger partial charge is 0.266 e. The molecule has 0 fully saturated rings. The van der Waals surface area contributed by atoms with E-state index in [1.165, 1.54) is 15.7 Å². The Labute approximate surface area is 172 Å². The molecule has 0 unspecified atom stereocenters. The molecule has 4 aromatic carbocycles. The predicted octanol–water partition coefficient (Wildman–Crippen LogP) is 5.58. The standard InChI is InChI=1S/C26H16N2O2/c29-25-21-9-1-2-10-22(21)26(30)28(25)18-15-13-17(14-16-18)27-23-11-5-3-7-19(23)20-8-4-6-12-24(20)27/h1-16H. The zero-order valence-electron chi connectivity index (χ0n) is 15.9. The lowest BCUT2D eigenvalue weighted by molar-refractivity contribution is 0.0926. The number of nitrogens with zero attached hydrogens (tertiary/aromatic N) is 2. The number of carbonyl (C=O) groups is 2. The van der Waals surface area contributed by atoms with Gasteiger partial charge < -0.3 is 4.57 Å². The Morgan fingerprint density at radius 2 is 0.900 bits per heavy atom. The number of carbonyl (C=O) groups excluding carboxylic acids is 2. The maximum absolute atomic E-state index is 12.8. The summed E-state index contributed by atoms with van der Waals surface area (Å²) < 4.78 is 2.21. The number of hydrogen-bond donors (Lipinski definition) is 0. The van der Waals surface area contributed by atoms with E-state index in [1.807, 2.05) is 48.5 Å². The molecule has 6 rings (SSSR count). The van der Waals surface area contributed by atoms with Crippen LogP contribution in [0.2, 0.25) is 0 Å². The van der Waals surface area contributed by atoms with Gasteiger partial charge in [0.15, 0.2) is 0 Å². The highest BCUT2D eigenvalue weighted by molar-refractivity contribution is 6.34. The Morgan fingerprint density at radius 3 is 1.43 bits per heavy atom. The minimum absolute atomic E-state index is 0.278. The molecule has 142 valence electrons. The molecular formula is C26H16N2O2. The highest BCUT2D eigenvalue weighted by atomic mass is 16.2. The van der Waals surface area contributed by atoms with Crippen LogP contribution in [0.1, 0.15) is 20.7 Å². The Kier molecular flexibility index (Phi) is 3.44. The third-order valence-electron chi connectivity index (χ3n) is 5.74. The molecule has 0 saturated heterocycles. The molecule has 4 heteroatoms. The van der Waals surface area contributed by atoms with Gasteiger partial charge in [-0.15, -0.1) is 0 Å². The molecule has 5 aromatic rings. The van der Waals surface area contributed by atoms with Crippen molar-refractivity contribution >= 4 is 39.3 Å². The van der Waals surface area contributed by atoms with E-state index < -0.39 is 0 Å². The lowest BCUT2D eigenvalue weighted by Crippen LogP contribution is -2.29. The molecule has 4 nitrogen and oxygen atoms in total. The molecule has 2 heterocycles. The van der Waals surface area contributed by atoms with Gasteiger partial charge in [-0.1, -0.05) is 48.5 Å². The molecule has 0 atom stereocenters. The number of benzene rings is 4. The molecule has 0 spiro atoms. The first-order valence-corrected chi connectivity index (χ1v) is 9.80. The Bertz CT molecular complexity index is 1390. The number of hydrogen-bond acceptors (Lipinski definition) is 2. The second-order valence-electron chi connectivity index (χ2n) is 7.38. The van der Waals surface area contributed by atoms with Crippen molar-refractivity contribution < 1.29 is 9.59 Å². The highest BCUT2D eigenvalue weighted by Gasteiger charge is 2.36. The second-order valence-corrected chi connectivity index (χ2v) is 7.38. The monoisotopic (exact) mass is 388 g/mol. The number of amides is 2. The number of rotatable bonds is 2. The Balaban J connectivity index is 1.48. The molecule has 1 aliphatic heterocycles. The van der Waals surface area contributed by atoms with Crippen molar-refractivity contribution in [2.24, 2.45) is 0 Å². The lowest BCUT2D eigenvalue weighted by atomic mass is 10.1. The van der Waals surface area contributed by atoms with Crippen LogP contribution in [0.25, 0.3) is 27.5 Å². The fourth-order valence-corrected chi connectivity index (χ4v) is 4.38. The number of anilines is 1. The molecule has 0 radical (unpaired) electrons. The van der Waals surface area contributed by atoms with E-state index in [0.29, 0.717) is 16.8 Å². The van der Waals surface area contributed by atoms with Crippen LogP contribution in [0.3, 0.4) is 0 Å². The van der Waals surface area contributed by atoms with E-state index in [2.05, 4.69) is 28.8 Å². The van der Waals surface area contributed by atoms with E-state index in [-0.39, 0.29) is 11.8 Å². The first-order valence-electron chi connectivity index (χ1n) is 9.80. The number of para-hydroxylation sites is 2.